The van der Waals surface area contributed by atoms with Gasteiger partial charge in [0.05, 0.1) is 23.8 Å². The molecule has 2 fully saturated rings. The molecular formula is C23H22N6O2. The minimum absolute atomic E-state index is 0.110. The second-order valence-corrected chi connectivity index (χ2v) is 7.81. The lowest BCUT2D eigenvalue weighted by Crippen LogP contribution is -2.24. The highest BCUT2D eigenvalue weighted by molar-refractivity contribution is 6.07. The van der Waals surface area contributed by atoms with Crippen LogP contribution in [0.2, 0.25) is 0 Å². The molecule has 8 nitrogen and oxygen atoms in total. The number of carbonyl (C=O) groups excluding carboxylic acids is 2. The Morgan fingerprint density at radius 2 is 1.90 bits per heavy atom. The van der Waals surface area contributed by atoms with E-state index in [-0.39, 0.29) is 11.8 Å². The lowest BCUT2D eigenvalue weighted by atomic mass is 10.2. The zero-order valence-electron chi connectivity index (χ0n) is 16.9. The Kier molecular flexibility index (Phi) is 5.03. The first kappa shape index (κ1) is 19.2. The van der Waals surface area contributed by atoms with Crippen molar-refractivity contribution in [3.8, 4) is 0 Å². The van der Waals surface area contributed by atoms with Gasteiger partial charge in [0.1, 0.15) is 6.33 Å². The number of pyridine rings is 1. The quantitative estimate of drug-likeness (QED) is 0.635. The van der Waals surface area contributed by atoms with Gasteiger partial charge in [0, 0.05) is 36.0 Å². The highest BCUT2D eigenvalue weighted by atomic mass is 16.2. The van der Waals surface area contributed by atoms with E-state index in [0.29, 0.717) is 41.6 Å². The van der Waals surface area contributed by atoms with Crippen molar-refractivity contribution in [2.24, 2.45) is 0 Å². The van der Waals surface area contributed by atoms with Gasteiger partial charge in [-0.25, -0.2) is 15.0 Å². The van der Waals surface area contributed by atoms with Crippen LogP contribution in [0.4, 0.5) is 22.7 Å². The Morgan fingerprint density at radius 1 is 1.06 bits per heavy atom. The van der Waals surface area contributed by atoms with Crippen LogP contribution in [0.25, 0.3) is 0 Å². The smallest absolute Gasteiger partial charge is 0.276 e. The van der Waals surface area contributed by atoms with E-state index in [1.165, 1.54) is 6.33 Å². The first-order chi connectivity index (χ1) is 15.2. The van der Waals surface area contributed by atoms with Crippen LogP contribution in [0.5, 0.6) is 0 Å². The van der Waals surface area contributed by atoms with Crippen LogP contribution in [0, 0.1) is 0 Å². The van der Waals surface area contributed by atoms with Crippen molar-refractivity contribution in [1.82, 2.24) is 15.0 Å². The van der Waals surface area contributed by atoms with E-state index in [0.717, 1.165) is 30.6 Å². The SMILES string of the molecule is O=C(Nc1cccc(N2CCCC2=O)c1)c1nc(C2CC2)ccc1Nc1cncnc1. The molecule has 156 valence electrons. The van der Waals surface area contributed by atoms with Gasteiger partial charge in [-0.2, -0.15) is 0 Å². The topological polar surface area (TPSA) is 100 Å². The summed E-state index contributed by atoms with van der Waals surface area (Å²) in [4.78, 5) is 39.7. The molecule has 2 aliphatic rings. The van der Waals surface area contributed by atoms with Crippen molar-refractivity contribution in [2.45, 2.75) is 31.6 Å². The van der Waals surface area contributed by atoms with Crippen LogP contribution in [-0.4, -0.2) is 33.3 Å². The number of amides is 2. The van der Waals surface area contributed by atoms with Gasteiger partial charge in [-0.05, 0) is 49.6 Å². The highest BCUT2D eigenvalue weighted by Crippen LogP contribution is 2.39. The fourth-order valence-corrected chi connectivity index (χ4v) is 3.74. The van der Waals surface area contributed by atoms with Crippen molar-refractivity contribution in [3.05, 3.63) is 66.5 Å². The van der Waals surface area contributed by atoms with Crippen molar-refractivity contribution >= 4 is 34.6 Å². The Labute approximate surface area is 179 Å². The summed E-state index contributed by atoms with van der Waals surface area (Å²) < 4.78 is 0. The molecule has 1 aliphatic heterocycles. The van der Waals surface area contributed by atoms with E-state index < -0.39 is 0 Å². The monoisotopic (exact) mass is 414 g/mol. The number of hydrogen-bond donors (Lipinski definition) is 2. The molecule has 0 unspecified atom stereocenters. The minimum atomic E-state index is -0.313. The summed E-state index contributed by atoms with van der Waals surface area (Å²) in [5, 5.41) is 6.13. The summed E-state index contributed by atoms with van der Waals surface area (Å²) in [6, 6.07) is 11.2. The van der Waals surface area contributed by atoms with Crippen LogP contribution in [-0.2, 0) is 4.79 Å². The van der Waals surface area contributed by atoms with Crippen molar-refractivity contribution < 1.29 is 9.59 Å². The average Bonchev–Trinajstić information content (AvgIpc) is 3.55. The molecule has 2 aromatic heterocycles. The van der Waals surface area contributed by atoms with Crippen molar-refractivity contribution in [1.29, 1.82) is 0 Å². The van der Waals surface area contributed by atoms with Crippen LogP contribution in [0.3, 0.4) is 0 Å². The lowest BCUT2D eigenvalue weighted by molar-refractivity contribution is -0.117. The van der Waals surface area contributed by atoms with Crippen LogP contribution in [0.1, 0.15) is 47.8 Å². The molecule has 2 N–H and O–H groups in total. The Balaban J connectivity index is 1.41. The first-order valence-corrected chi connectivity index (χ1v) is 10.4. The summed E-state index contributed by atoms with van der Waals surface area (Å²) in [5.74, 6) is 0.218. The van der Waals surface area contributed by atoms with Crippen LogP contribution >= 0.6 is 0 Å². The largest absolute Gasteiger partial charge is 0.351 e. The van der Waals surface area contributed by atoms with Gasteiger partial charge < -0.3 is 15.5 Å². The normalized spacial score (nSPS) is 15.7. The highest BCUT2D eigenvalue weighted by Gasteiger charge is 2.27. The Hall–Kier alpha value is -3.81. The van der Waals surface area contributed by atoms with Gasteiger partial charge in [-0.15, -0.1) is 0 Å². The van der Waals surface area contributed by atoms with Crippen molar-refractivity contribution in [3.63, 3.8) is 0 Å². The fourth-order valence-electron chi connectivity index (χ4n) is 3.74. The first-order valence-electron chi connectivity index (χ1n) is 10.4. The average molecular weight is 414 g/mol. The molecule has 1 saturated heterocycles. The standard InChI is InChI=1S/C23H22N6O2/c30-21-5-2-10-29(21)18-4-1-3-16(11-18)27-23(31)22-20(26-17-12-24-14-25-13-17)9-8-19(28-22)15-6-7-15/h1,3-4,8-9,11-15,26H,2,5-7,10H2,(H,27,31). The molecule has 1 aromatic carbocycles. The van der Waals surface area contributed by atoms with Gasteiger partial charge in [0.25, 0.3) is 5.91 Å². The Morgan fingerprint density at radius 3 is 2.65 bits per heavy atom. The molecule has 1 saturated carbocycles. The molecule has 2 amide bonds. The number of nitrogens with zero attached hydrogens (tertiary/aromatic N) is 4. The third-order valence-corrected chi connectivity index (χ3v) is 5.46. The number of aromatic nitrogens is 3. The number of carbonyl (C=O) groups is 2. The molecule has 0 radical (unpaired) electrons. The molecular weight excluding hydrogens is 392 g/mol. The maximum absolute atomic E-state index is 13.2. The van der Waals surface area contributed by atoms with Gasteiger partial charge in [-0.3, -0.25) is 9.59 Å². The van der Waals surface area contributed by atoms with E-state index in [9.17, 15) is 9.59 Å². The van der Waals surface area contributed by atoms with Crippen molar-refractivity contribution in [2.75, 3.05) is 22.1 Å². The van der Waals surface area contributed by atoms with E-state index >= 15 is 0 Å². The molecule has 8 heteroatoms. The minimum Gasteiger partial charge on any atom is -0.351 e. The molecule has 0 bridgehead atoms. The van der Waals surface area contributed by atoms with Gasteiger partial charge in [-0.1, -0.05) is 6.07 Å². The summed E-state index contributed by atoms with van der Waals surface area (Å²) >= 11 is 0. The second kappa shape index (κ2) is 8.14. The van der Waals surface area contributed by atoms with Gasteiger partial charge in [0.15, 0.2) is 5.69 Å². The molecule has 0 spiro atoms. The summed E-state index contributed by atoms with van der Waals surface area (Å²) in [5.41, 5.74) is 3.91. The summed E-state index contributed by atoms with van der Waals surface area (Å²) in [6.45, 7) is 0.703. The molecule has 3 heterocycles. The third-order valence-electron chi connectivity index (χ3n) is 5.46. The third kappa shape index (κ3) is 4.23. The second-order valence-electron chi connectivity index (χ2n) is 7.81. The predicted molar refractivity (Wildman–Crippen MR) is 118 cm³/mol. The maximum atomic E-state index is 13.2. The summed E-state index contributed by atoms with van der Waals surface area (Å²) in [6.07, 6.45) is 8.34. The number of anilines is 4. The molecule has 1 aliphatic carbocycles. The Bertz CT molecular complexity index is 1130. The number of rotatable bonds is 6. The lowest BCUT2D eigenvalue weighted by Gasteiger charge is -2.17. The molecule has 31 heavy (non-hydrogen) atoms. The van der Waals surface area contributed by atoms with E-state index in [2.05, 4.69) is 25.6 Å². The fraction of sp³-hybridized carbons (Fsp3) is 0.261. The zero-order chi connectivity index (χ0) is 21.2. The predicted octanol–water partition coefficient (Wildman–Crippen LogP) is 3.87. The number of benzene rings is 1. The van der Waals surface area contributed by atoms with E-state index in [1.807, 2.05) is 36.4 Å². The zero-order valence-corrected chi connectivity index (χ0v) is 16.9. The molecule has 0 atom stereocenters. The van der Waals surface area contributed by atoms with E-state index in [4.69, 9.17) is 0 Å². The number of hydrogen-bond acceptors (Lipinski definition) is 6. The maximum Gasteiger partial charge on any atom is 0.276 e. The summed E-state index contributed by atoms with van der Waals surface area (Å²) in [7, 11) is 0. The molecule has 3 aromatic rings. The van der Waals surface area contributed by atoms with Crippen LogP contribution in [0.15, 0.2) is 55.1 Å². The van der Waals surface area contributed by atoms with E-state index in [1.54, 1.807) is 17.3 Å². The molecule has 5 rings (SSSR count). The van der Waals surface area contributed by atoms with Gasteiger partial charge in [0.2, 0.25) is 5.91 Å². The van der Waals surface area contributed by atoms with Crippen LogP contribution < -0.4 is 15.5 Å². The van der Waals surface area contributed by atoms with Gasteiger partial charge >= 0.3 is 0 Å². The number of nitrogens with one attached hydrogen (secondary N) is 2.